The Bertz CT molecular complexity index is 1700. The maximum Gasteiger partial charge on any atom is 0.331 e. The fraction of sp³-hybridized carbons (Fsp3) is 0.111. The molecule has 1 N–H and O–H groups in total. The number of rotatable bonds is 2. The molecule has 34 heavy (non-hydrogen) atoms. The van der Waals surface area contributed by atoms with Gasteiger partial charge in [0.05, 0.1) is 39.7 Å². The number of aromatic nitrogens is 3. The van der Waals surface area contributed by atoms with Gasteiger partial charge in [0.25, 0.3) is 5.56 Å². The van der Waals surface area contributed by atoms with Crippen LogP contribution in [-0.4, -0.2) is 13.7 Å². The first-order valence-corrected chi connectivity index (χ1v) is 11.4. The largest absolute Gasteiger partial charge is 0.371 e. The van der Waals surface area contributed by atoms with E-state index >= 15 is 0 Å². The lowest BCUT2D eigenvalue weighted by molar-refractivity contribution is 0.708. The van der Waals surface area contributed by atoms with E-state index in [0.717, 1.165) is 33.9 Å². The van der Waals surface area contributed by atoms with E-state index in [0.29, 0.717) is 15.9 Å². The van der Waals surface area contributed by atoms with Crippen LogP contribution in [0.15, 0.2) is 88.5 Å². The molecule has 0 saturated carbocycles. The minimum atomic E-state index is -0.362. The van der Waals surface area contributed by atoms with E-state index in [1.807, 2.05) is 66.7 Å². The SMILES string of the molecule is Cn1c(=O)c2c(-c3ccc(Cl)cc3)n3c(c2n(C)c1=O)[C@H](c1ccccc1)Nc1ccccc1-3. The lowest BCUT2D eigenvalue weighted by Crippen LogP contribution is -2.37. The molecule has 3 aromatic carbocycles. The van der Waals surface area contributed by atoms with E-state index in [2.05, 4.69) is 22.0 Å². The van der Waals surface area contributed by atoms with Gasteiger partial charge in [-0.3, -0.25) is 13.9 Å². The van der Waals surface area contributed by atoms with Gasteiger partial charge in [-0.1, -0.05) is 66.2 Å². The van der Waals surface area contributed by atoms with Crippen molar-refractivity contribution in [3.8, 4) is 16.9 Å². The number of hydrogen-bond donors (Lipinski definition) is 1. The van der Waals surface area contributed by atoms with Gasteiger partial charge in [-0.15, -0.1) is 0 Å². The molecule has 1 aliphatic rings. The first-order valence-electron chi connectivity index (χ1n) is 11.0. The van der Waals surface area contributed by atoms with Crippen LogP contribution in [0.25, 0.3) is 27.8 Å². The molecule has 0 fully saturated rings. The van der Waals surface area contributed by atoms with Gasteiger partial charge in [-0.25, -0.2) is 4.79 Å². The topological polar surface area (TPSA) is 61.0 Å². The molecule has 0 saturated heterocycles. The predicted molar refractivity (Wildman–Crippen MR) is 136 cm³/mol. The first kappa shape index (κ1) is 20.6. The molecule has 1 aliphatic heterocycles. The van der Waals surface area contributed by atoms with Crippen molar-refractivity contribution >= 4 is 28.2 Å². The summed E-state index contributed by atoms with van der Waals surface area (Å²) >= 11 is 6.19. The van der Waals surface area contributed by atoms with Gasteiger partial charge in [0.2, 0.25) is 0 Å². The summed E-state index contributed by atoms with van der Waals surface area (Å²) < 4.78 is 4.87. The molecule has 168 valence electrons. The third-order valence-corrected chi connectivity index (χ3v) is 6.83. The molecular formula is C27H21ClN4O2. The molecule has 6 nitrogen and oxygen atoms in total. The molecule has 0 aliphatic carbocycles. The number of nitrogens with zero attached hydrogens (tertiary/aromatic N) is 3. The number of halogens is 1. The molecule has 1 atom stereocenters. The van der Waals surface area contributed by atoms with E-state index < -0.39 is 0 Å². The second kappa shape index (κ2) is 7.50. The zero-order valence-electron chi connectivity index (χ0n) is 18.6. The first-order chi connectivity index (χ1) is 16.5. The van der Waals surface area contributed by atoms with Crippen LogP contribution in [0, 0.1) is 0 Å². The van der Waals surface area contributed by atoms with Gasteiger partial charge in [-0.05, 0) is 35.4 Å². The number of para-hydroxylation sites is 2. The van der Waals surface area contributed by atoms with Crippen molar-refractivity contribution in [2.75, 3.05) is 5.32 Å². The molecule has 6 rings (SSSR count). The maximum atomic E-state index is 13.6. The summed E-state index contributed by atoms with van der Waals surface area (Å²) in [5.41, 5.74) is 5.27. The van der Waals surface area contributed by atoms with Gasteiger partial charge < -0.3 is 9.88 Å². The van der Waals surface area contributed by atoms with Gasteiger partial charge in [-0.2, -0.15) is 0 Å². The highest BCUT2D eigenvalue weighted by atomic mass is 35.5. The Morgan fingerprint density at radius 1 is 0.824 bits per heavy atom. The van der Waals surface area contributed by atoms with Crippen LogP contribution in [0.3, 0.4) is 0 Å². The average Bonchev–Trinajstić information content (AvgIpc) is 3.23. The van der Waals surface area contributed by atoms with Crippen LogP contribution >= 0.6 is 11.6 Å². The van der Waals surface area contributed by atoms with Crippen molar-refractivity contribution in [3.05, 3.63) is 116 Å². The van der Waals surface area contributed by atoms with Gasteiger partial charge >= 0.3 is 5.69 Å². The highest BCUT2D eigenvalue weighted by Gasteiger charge is 2.34. The Labute approximate surface area is 200 Å². The molecule has 0 unspecified atom stereocenters. The summed E-state index contributed by atoms with van der Waals surface area (Å²) in [6, 6.07) is 25.3. The standard InChI is InChI=1S/C27H21ClN4O2/c1-30-24-21(26(33)31(2)27(30)34)23(17-12-14-18(28)15-13-17)32-20-11-7-6-10-19(20)29-22(25(24)32)16-8-4-3-5-9-16/h3-15,22,29H,1-2H3/t22-/m0/s1. The summed E-state index contributed by atoms with van der Waals surface area (Å²) in [5, 5.41) is 4.77. The summed E-state index contributed by atoms with van der Waals surface area (Å²) in [4.78, 5) is 26.7. The summed E-state index contributed by atoms with van der Waals surface area (Å²) in [7, 11) is 3.24. The van der Waals surface area contributed by atoms with E-state index in [4.69, 9.17) is 11.6 Å². The summed E-state index contributed by atoms with van der Waals surface area (Å²) in [6.45, 7) is 0. The monoisotopic (exact) mass is 468 g/mol. The Hall–Kier alpha value is -4.03. The zero-order chi connectivity index (χ0) is 23.6. The zero-order valence-corrected chi connectivity index (χ0v) is 19.4. The summed E-state index contributed by atoms with van der Waals surface area (Å²) in [5.74, 6) is 0. The van der Waals surface area contributed by atoms with E-state index in [1.54, 1.807) is 11.6 Å². The smallest absolute Gasteiger partial charge is 0.331 e. The lowest BCUT2D eigenvalue weighted by atomic mass is 9.99. The van der Waals surface area contributed by atoms with Crippen LogP contribution < -0.4 is 16.6 Å². The van der Waals surface area contributed by atoms with Crippen molar-refractivity contribution in [3.63, 3.8) is 0 Å². The minimum Gasteiger partial charge on any atom is -0.371 e. The molecule has 0 spiro atoms. The van der Waals surface area contributed by atoms with Crippen molar-refractivity contribution in [2.24, 2.45) is 14.1 Å². The minimum absolute atomic E-state index is 0.266. The Morgan fingerprint density at radius 3 is 2.24 bits per heavy atom. The predicted octanol–water partition coefficient (Wildman–Crippen LogP) is 4.86. The summed E-state index contributed by atoms with van der Waals surface area (Å²) in [6.07, 6.45) is 0. The number of nitrogens with one attached hydrogen (secondary N) is 1. The van der Waals surface area contributed by atoms with Crippen molar-refractivity contribution in [1.82, 2.24) is 13.7 Å². The van der Waals surface area contributed by atoms with Crippen LogP contribution in [0.1, 0.15) is 17.3 Å². The number of fused-ring (bicyclic) bond motifs is 5. The Balaban J connectivity index is 1.87. The molecular weight excluding hydrogens is 448 g/mol. The lowest BCUT2D eigenvalue weighted by Gasteiger charge is -2.31. The van der Waals surface area contributed by atoms with Crippen molar-refractivity contribution in [2.45, 2.75) is 6.04 Å². The average molecular weight is 469 g/mol. The number of anilines is 1. The van der Waals surface area contributed by atoms with Crippen LogP contribution in [0.2, 0.25) is 5.02 Å². The normalized spacial score (nSPS) is 14.5. The fourth-order valence-electron chi connectivity index (χ4n) is 4.99. The quantitative estimate of drug-likeness (QED) is 0.402. The van der Waals surface area contributed by atoms with E-state index in [-0.39, 0.29) is 17.3 Å². The van der Waals surface area contributed by atoms with Gasteiger partial charge in [0.1, 0.15) is 0 Å². The molecule has 0 amide bonds. The number of hydrogen-bond acceptors (Lipinski definition) is 3. The van der Waals surface area contributed by atoms with Crippen LogP contribution in [0.4, 0.5) is 5.69 Å². The third-order valence-electron chi connectivity index (χ3n) is 6.58. The van der Waals surface area contributed by atoms with E-state index in [9.17, 15) is 9.59 Å². The molecule has 2 aromatic heterocycles. The Kier molecular flexibility index (Phi) is 4.54. The van der Waals surface area contributed by atoms with Crippen LogP contribution in [0.5, 0.6) is 0 Å². The third kappa shape index (κ3) is 2.82. The second-order valence-corrected chi connectivity index (χ2v) is 8.95. The molecule has 3 heterocycles. The molecule has 7 heteroatoms. The van der Waals surface area contributed by atoms with Crippen molar-refractivity contribution in [1.29, 1.82) is 0 Å². The van der Waals surface area contributed by atoms with Crippen LogP contribution in [-0.2, 0) is 14.1 Å². The Morgan fingerprint density at radius 2 is 1.50 bits per heavy atom. The van der Waals surface area contributed by atoms with E-state index in [1.165, 1.54) is 11.6 Å². The van der Waals surface area contributed by atoms with Crippen molar-refractivity contribution < 1.29 is 0 Å². The fourth-order valence-corrected chi connectivity index (χ4v) is 5.12. The molecule has 0 bridgehead atoms. The number of benzene rings is 3. The number of aryl methyl sites for hydroxylation is 1. The molecule has 5 aromatic rings. The second-order valence-electron chi connectivity index (χ2n) is 8.51. The highest BCUT2D eigenvalue weighted by molar-refractivity contribution is 6.30. The van der Waals surface area contributed by atoms with Gasteiger partial charge in [0.15, 0.2) is 0 Å². The highest BCUT2D eigenvalue weighted by Crippen LogP contribution is 2.45. The van der Waals surface area contributed by atoms with Gasteiger partial charge in [0, 0.05) is 19.1 Å². The maximum absolute atomic E-state index is 13.6. The molecule has 0 radical (unpaired) electrons.